The van der Waals surface area contributed by atoms with Crippen molar-refractivity contribution >= 4 is 32.2 Å². The number of amides is 1. The van der Waals surface area contributed by atoms with E-state index in [-0.39, 0.29) is 23.5 Å². The van der Waals surface area contributed by atoms with E-state index >= 15 is 0 Å². The van der Waals surface area contributed by atoms with Gasteiger partial charge in [-0.1, -0.05) is 36.4 Å². The number of aromatic nitrogens is 2. The maximum Gasteiger partial charge on any atom is 0.276 e. The molecule has 0 radical (unpaired) electrons. The van der Waals surface area contributed by atoms with E-state index in [1.54, 1.807) is 4.68 Å². The third kappa shape index (κ3) is 3.20. The van der Waals surface area contributed by atoms with Crippen molar-refractivity contribution < 1.29 is 13.2 Å². The van der Waals surface area contributed by atoms with Gasteiger partial charge in [0.2, 0.25) is 0 Å². The molecule has 2 aliphatic rings. The van der Waals surface area contributed by atoms with Crippen molar-refractivity contribution in [3.05, 3.63) is 59.9 Å². The monoisotopic (exact) mass is 395 g/mol. The molecule has 5 rings (SSSR count). The molecule has 6 nitrogen and oxygen atoms in total. The second-order valence-electron chi connectivity index (χ2n) is 7.71. The quantitative estimate of drug-likeness (QED) is 0.733. The topological polar surface area (TPSA) is 81.1 Å². The minimum absolute atomic E-state index is 0.110. The number of nitrogens with one attached hydrogen (secondary N) is 1. The van der Waals surface area contributed by atoms with E-state index in [4.69, 9.17) is 0 Å². The van der Waals surface area contributed by atoms with Crippen LogP contribution in [0.15, 0.2) is 48.5 Å². The molecule has 2 heterocycles. The van der Waals surface area contributed by atoms with Gasteiger partial charge in [0.05, 0.1) is 17.5 Å². The van der Waals surface area contributed by atoms with Gasteiger partial charge >= 0.3 is 0 Å². The molecule has 0 bridgehead atoms. The predicted octanol–water partition coefficient (Wildman–Crippen LogP) is 3.53. The molecular formula is C21H21N3O3S. The van der Waals surface area contributed by atoms with Crippen LogP contribution in [0.4, 0.5) is 5.69 Å². The fourth-order valence-corrected chi connectivity index (χ4v) is 5.68. The molecule has 7 heteroatoms. The molecule has 1 aromatic heterocycles. The Labute approximate surface area is 163 Å². The third-order valence-corrected chi connectivity index (χ3v) is 7.34. The third-order valence-electron chi connectivity index (χ3n) is 5.58. The first-order valence-electron chi connectivity index (χ1n) is 9.59. The number of fused-ring (bicyclic) bond motifs is 1. The Bertz CT molecular complexity index is 1170. The van der Waals surface area contributed by atoms with Crippen molar-refractivity contribution in [1.82, 2.24) is 9.78 Å². The molecule has 144 valence electrons. The first-order valence-corrected chi connectivity index (χ1v) is 11.4. The van der Waals surface area contributed by atoms with Crippen LogP contribution < -0.4 is 5.32 Å². The van der Waals surface area contributed by atoms with E-state index in [1.807, 2.05) is 48.5 Å². The molecule has 0 spiro atoms. The lowest BCUT2D eigenvalue weighted by atomic mass is 10.1. The van der Waals surface area contributed by atoms with Gasteiger partial charge in [-0.2, -0.15) is 5.10 Å². The first kappa shape index (κ1) is 17.4. The van der Waals surface area contributed by atoms with Gasteiger partial charge < -0.3 is 5.32 Å². The molecule has 1 unspecified atom stereocenters. The van der Waals surface area contributed by atoms with Gasteiger partial charge in [-0.05, 0) is 36.8 Å². The van der Waals surface area contributed by atoms with Crippen LogP contribution in [0.3, 0.4) is 0 Å². The second-order valence-corrected chi connectivity index (χ2v) is 9.94. The van der Waals surface area contributed by atoms with Crippen LogP contribution >= 0.6 is 0 Å². The van der Waals surface area contributed by atoms with Crippen molar-refractivity contribution in [3.63, 3.8) is 0 Å². The van der Waals surface area contributed by atoms with Crippen LogP contribution in [0.1, 0.15) is 47.4 Å². The number of rotatable bonds is 4. The molecule has 1 N–H and O–H groups in total. The highest BCUT2D eigenvalue weighted by Crippen LogP contribution is 2.42. The minimum atomic E-state index is -3.01. The number of benzene rings is 2. The van der Waals surface area contributed by atoms with Crippen LogP contribution in [0.25, 0.3) is 10.8 Å². The van der Waals surface area contributed by atoms with Gasteiger partial charge in [0.25, 0.3) is 5.91 Å². The number of hydrogen-bond donors (Lipinski definition) is 1. The lowest BCUT2D eigenvalue weighted by molar-refractivity contribution is 0.102. The van der Waals surface area contributed by atoms with Gasteiger partial charge in [0, 0.05) is 22.7 Å². The first-order chi connectivity index (χ1) is 13.5. The minimum Gasteiger partial charge on any atom is -0.320 e. The average Bonchev–Trinajstić information content (AvgIpc) is 3.32. The number of carbonyl (C=O) groups excluding carboxylic acids is 1. The van der Waals surface area contributed by atoms with E-state index in [1.165, 1.54) is 0 Å². The largest absolute Gasteiger partial charge is 0.320 e. The fraction of sp³-hybridized carbons (Fsp3) is 0.333. The standard InChI is InChI=1S/C21H21N3O3S/c25-21(22-18-7-3-5-14-4-1-2-6-17(14)18)19-12-20(15-8-9-15)24(23-19)16-10-11-28(26,27)13-16/h1-7,12,15-16H,8-11,13H2,(H,22,25). The van der Waals surface area contributed by atoms with Crippen LogP contribution in [0, 0.1) is 0 Å². The van der Waals surface area contributed by atoms with Gasteiger partial charge in [-0.3, -0.25) is 9.48 Å². The van der Waals surface area contributed by atoms with Crippen LogP contribution in [0.5, 0.6) is 0 Å². The molecule has 3 aromatic rings. The lowest BCUT2D eigenvalue weighted by Crippen LogP contribution is -2.17. The lowest BCUT2D eigenvalue weighted by Gasteiger charge is -2.12. The average molecular weight is 395 g/mol. The highest BCUT2D eigenvalue weighted by molar-refractivity contribution is 7.91. The highest BCUT2D eigenvalue weighted by Gasteiger charge is 2.36. The zero-order valence-electron chi connectivity index (χ0n) is 15.3. The van der Waals surface area contributed by atoms with Crippen molar-refractivity contribution in [2.75, 3.05) is 16.8 Å². The summed E-state index contributed by atoms with van der Waals surface area (Å²) in [6, 6.07) is 15.4. The van der Waals surface area contributed by atoms with Gasteiger partial charge in [0.15, 0.2) is 15.5 Å². The summed E-state index contributed by atoms with van der Waals surface area (Å²) in [5.74, 6) is 0.422. The Hall–Kier alpha value is -2.67. The number of anilines is 1. The molecule has 1 saturated heterocycles. The van der Waals surface area contributed by atoms with E-state index in [0.29, 0.717) is 18.0 Å². The van der Waals surface area contributed by atoms with Gasteiger partial charge in [-0.25, -0.2) is 8.42 Å². The molecule has 1 atom stereocenters. The van der Waals surface area contributed by atoms with Crippen molar-refractivity contribution in [1.29, 1.82) is 0 Å². The maximum atomic E-state index is 12.9. The van der Waals surface area contributed by atoms with Crippen molar-refractivity contribution in [2.24, 2.45) is 0 Å². The summed E-state index contributed by atoms with van der Waals surface area (Å²) < 4.78 is 25.6. The number of hydrogen-bond acceptors (Lipinski definition) is 4. The van der Waals surface area contributed by atoms with Crippen molar-refractivity contribution in [3.8, 4) is 0 Å². The summed E-state index contributed by atoms with van der Waals surface area (Å²) in [5.41, 5.74) is 2.08. The summed E-state index contributed by atoms with van der Waals surface area (Å²) in [6.45, 7) is 0. The number of carbonyl (C=O) groups is 1. The SMILES string of the molecule is O=C(Nc1cccc2ccccc12)c1cc(C2CC2)n(C2CCS(=O)(=O)C2)n1. The number of nitrogens with zero attached hydrogens (tertiary/aromatic N) is 2. The molecule has 1 aliphatic carbocycles. The molecule has 2 aromatic carbocycles. The summed E-state index contributed by atoms with van der Waals surface area (Å²) in [6.07, 6.45) is 2.69. The Morgan fingerprint density at radius 1 is 1.07 bits per heavy atom. The summed E-state index contributed by atoms with van der Waals surface area (Å²) in [4.78, 5) is 12.9. The Kier molecular flexibility index (Phi) is 4.01. The maximum absolute atomic E-state index is 12.9. The Balaban J connectivity index is 1.46. The fourth-order valence-electron chi connectivity index (χ4n) is 3.99. The molecule has 1 amide bonds. The van der Waals surface area contributed by atoms with Crippen LogP contribution in [-0.4, -0.2) is 35.6 Å². The summed E-state index contributed by atoms with van der Waals surface area (Å²) in [5, 5.41) is 9.54. The van der Waals surface area contributed by atoms with E-state index in [2.05, 4.69) is 10.4 Å². The smallest absolute Gasteiger partial charge is 0.276 e. The van der Waals surface area contributed by atoms with Gasteiger partial charge in [-0.15, -0.1) is 0 Å². The molecule has 1 saturated carbocycles. The van der Waals surface area contributed by atoms with E-state index in [9.17, 15) is 13.2 Å². The Morgan fingerprint density at radius 3 is 2.61 bits per heavy atom. The summed E-state index contributed by atoms with van der Waals surface area (Å²) in [7, 11) is -3.01. The predicted molar refractivity (Wildman–Crippen MR) is 108 cm³/mol. The molecular weight excluding hydrogens is 374 g/mol. The molecule has 1 aliphatic heterocycles. The summed E-state index contributed by atoms with van der Waals surface area (Å²) >= 11 is 0. The van der Waals surface area contributed by atoms with E-state index in [0.717, 1.165) is 35.0 Å². The Morgan fingerprint density at radius 2 is 1.86 bits per heavy atom. The molecule has 28 heavy (non-hydrogen) atoms. The van der Waals surface area contributed by atoms with Gasteiger partial charge in [0.1, 0.15) is 0 Å². The second kappa shape index (κ2) is 6.44. The van der Waals surface area contributed by atoms with Crippen LogP contribution in [-0.2, 0) is 9.84 Å². The highest BCUT2D eigenvalue weighted by atomic mass is 32.2. The van der Waals surface area contributed by atoms with E-state index < -0.39 is 9.84 Å². The normalized spacial score (nSPS) is 21.1. The zero-order chi connectivity index (χ0) is 19.3. The molecule has 2 fully saturated rings. The number of sulfone groups is 1. The zero-order valence-corrected chi connectivity index (χ0v) is 16.2. The van der Waals surface area contributed by atoms with Crippen LogP contribution in [0.2, 0.25) is 0 Å². The van der Waals surface area contributed by atoms with Crippen molar-refractivity contribution in [2.45, 2.75) is 31.2 Å².